The van der Waals surface area contributed by atoms with Crippen LogP contribution in [0.1, 0.15) is 39.7 Å². The maximum Gasteiger partial charge on any atom is 0.0211 e. The molecule has 17 heavy (non-hydrogen) atoms. The molecule has 0 amide bonds. The van der Waals surface area contributed by atoms with Crippen LogP contribution in [0, 0.1) is 5.92 Å². The highest BCUT2D eigenvalue weighted by atomic mass is 31.1. The van der Waals surface area contributed by atoms with Gasteiger partial charge in [-0.1, -0.05) is 60.5 Å². The van der Waals surface area contributed by atoms with Crippen molar-refractivity contribution in [3.05, 3.63) is 29.8 Å². The van der Waals surface area contributed by atoms with Crippen molar-refractivity contribution in [1.29, 1.82) is 0 Å². The standard InChI is InChI=1S/C15H26NP/c1-12(2)9-10-16-11-14-7-5-6-8-15(14)17-13(3)4/h5-8,12-13,16-17H,9-11H2,1-4H3. The molecule has 0 spiro atoms. The van der Waals surface area contributed by atoms with E-state index in [-0.39, 0.29) is 0 Å². The summed E-state index contributed by atoms with van der Waals surface area (Å²) in [5, 5.41) is 5.08. The molecule has 1 nitrogen and oxygen atoms in total. The highest BCUT2D eigenvalue weighted by Crippen LogP contribution is 2.19. The zero-order chi connectivity index (χ0) is 12.7. The van der Waals surface area contributed by atoms with Crippen molar-refractivity contribution in [3.63, 3.8) is 0 Å². The third kappa shape index (κ3) is 6.19. The molecular weight excluding hydrogens is 225 g/mol. The van der Waals surface area contributed by atoms with E-state index in [0.717, 1.165) is 33.2 Å². The van der Waals surface area contributed by atoms with E-state index >= 15 is 0 Å². The van der Waals surface area contributed by atoms with E-state index in [4.69, 9.17) is 0 Å². The number of hydrogen-bond acceptors (Lipinski definition) is 1. The molecule has 2 heteroatoms. The van der Waals surface area contributed by atoms with Crippen LogP contribution in [-0.2, 0) is 6.54 Å². The van der Waals surface area contributed by atoms with Crippen molar-refractivity contribution < 1.29 is 0 Å². The number of nitrogens with one attached hydrogen (secondary N) is 1. The van der Waals surface area contributed by atoms with Crippen molar-refractivity contribution in [2.45, 2.75) is 46.3 Å². The van der Waals surface area contributed by atoms with Gasteiger partial charge in [0.05, 0.1) is 0 Å². The van der Waals surface area contributed by atoms with Crippen LogP contribution in [0.3, 0.4) is 0 Å². The SMILES string of the molecule is CC(C)CCNCc1ccccc1PC(C)C. The van der Waals surface area contributed by atoms with Gasteiger partial charge in [0.2, 0.25) is 0 Å². The van der Waals surface area contributed by atoms with E-state index in [2.05, 4.69) is 57.3 Å². The fraction of sp³-hybridized carbons (Fsp3) is 0.600. The van der Waals surface area contributed by atoms with Crippen LogP contribution in [0.2, 0.25) is 0 Å². The van der Waals surface area contributed by atoms with Gasteiger partial charge in [-0.3, -0.25) is 0 Å². The zero-order valence-electron chi connectivity index (χ0n) is 11.6. The lowest BCUT2D eigenvalue weighted by molar-refractivity contribution is 0.538. The van der Waals surface area contributed by atoms with Gasteiger partial charge in [0, 0.05) is 6.54 Å². The average Bonchev–Trinajstić information content (AvgIpc) is 2.25. The number of hydrogen-bond donors (Lipinski definition) is 1. The molecule has 1 aromatic carbocycles. The predicted octanol–water partition coefficient (Wildman–Crippen LogP) is 3.53. The topological polar surface area (TPSA) is 12.0 Å². The summed E-state index contributed by atoms with van der Waals surface area (Å²) in [5.74, 6) is 0.787. The largest absolute Gasteiger partial charge is 0.313 e. The summed E-state index contributed by atoms with van der Waals surface area (Å²) in [6.45, 7) is 11.3. The fourth-order valence-corrected chi connectivity index (χ4v) is 2.91. The first-order valence-electron chi connectivity index (χ1n) is 6.64. The first-order chi connectivity index (χ1) is 8.09. The summed E-state index contributed by atoms with van der Waals surface area (Å²) in [7, 11) is 0.927. The van der Waals surface area contributed by atoms with Crippen molar-refractivity contribution in [2.75, 3.05) is 6.54 Å². The minimum atomic E-state index is 0.756. The molecule has 1 aromatic rings. The summed E-state index contributed by atoms with van der Waals surface area (Å²) in [4.78, 5) is 0. The van der Waals surface area contributed by atoms with Crippen LogP contribution in [0.5, 0.6) is 0 Å². The van der Waals surface area contributed by atoms with E-state index in [1.807, 2.05) is 0 Å². The molecule has 1 atom stereocenters. The van der Waals surface area contributed by atoms with Gasteiger partial charge in [0.15, 0.2) is 0 Å². The second-order valence-electron chi connectivity index (χ2n) is 5.32. The highest BCUT2D eigenvalue weighted by Gasteiger charge is 2.03. The fourth-order valence-electron chi connectivity index (χ4n) is 1.74. The van der Waals surface area contributed by atoms with Gasteiger partial charge in [0.25, 0.3) is 0 Å². The lowest BCUT2D eigenvalue weighted by Crippen LogP contribution is -2.20. The van der Waals surface area contributed by atoms with Crippen molar-refractivity contribution in [3.8, 4) is 0 Å². The van der Waals surface area contributed by atoms with E-state index in [1.54, 1.807) is 0 Å². The third-order valence-electron chi connectivity index (χ3n) is 2.68. The van der Waals surface area contributed by atoms with Gasteiger partial charge in [0.1, 0.15) is 0 Å². The lowest BCUT2D eigenvalue weighted by atomic mass is 10.1. The Morgan fingerprint density at radius 2 is 1.82 bits per heavy atom. The van der Waals surface area contributed by atoms with Gasteiger partial charge in [-0.25, -0.2) is 0 Å². The predicted molar refractivity (Wildman–Crippen MR) is 80.7 cm³/mol. The molecule has 0 heterocycles. The molecular formula is C15H26NP. The van der Waals surface area contributed by atoms with E-state index in [9.17, 15) is 0 Å². The molecule has 0 fully saturated rings. The van der Waals surface area contributed by atoms with Gasteiger partial charge in [-0.15, -0.1) is 0 Å². The van der Waals surface area contributed by atoms with Crippen LogP contribution >= 0.6 is 8.58 Å². The Kier molecular flexibility index (Phi) is 6.77. The highest BCUT2D eigenvalue weighted by molar-refractivity contribution is 7.48. The Labute approximate surface area is 108 Å². The first kappa shape index (κ1) is 14.7. The molecule has 1 rings (SSSR count). The van der Waals surface area contributed by atoms with Gasteiger partial charge >= 0.3 is 0 Å². The normalized spacial score (nSPS) is 12.1. The Bertz CT molecular complexity index is 320. The van der Waals surface area contributed by atoms with Crippen LogP contribution in [0.25, 0.3) is 0 Å². The Hall–Kier alpha value is -0.390. The van der Waals surface area contributed by atoms with Gasteiger partial charge in [-0.2, -0.15) is 0 Å². The Balaban J connectivity index is 2.46. The minimum absolute atomic E-state index is 0.756. The third-order valence-corrected chi connectivity index (χ3v) is 4.05. The zero-order valence-corrected chi connectivity index (χ0v) is 12.6. The summed E-state index contributed by atoms with van der Waals surface area (Å²) < 4.78 is 0. The maximum atomic E-state index is 3.55. The molecule has 0 aliphatic heterocycles. The van der Waals surface area contributed by atoms with Crippen LogP contribution < -0.4 is 10.6 Å². The summed E-state index contributed by atoms with van der Waals surface area (Å²) in [6, 6.07) is 8.83. The minimum Gasteiger partial charge on any atom is -0.313 e. The summed E-state index contributed by atoms with van der Waals surface area (Å²) >= 11 is 0. The Morgan fingerprint density at radius 1 is 1.12 bits per heavy atom. The molecule has 0 aromatic heterocycles. The van der Waals surface area contributed by atoms with E-state index in [1.165, 1.54) is 17.3 Å². The molecule has 1 N–H and O–H groups in total. The molecule has 1 unspecified atom stereocenters. The smallest absolute Gasteiger partial charge is 0.0211 e. The molecule has 0 saturated carbocycles. The quantitative estimate of drug-likeness (QED) is 0.577. The van der Waals surface area contributed by atoms with Gasteiger partial charge in [-0.05, 0) is 35.4 Å². The van der Waals surface area contributed by atoms with Gasteiger partial charge < -0.3 is 5.32 Å². The summed E-state index contributed by atoms with van der Waals surface area (Å²) in [5.41, 5.74) is 2.23. The van der Waals surface area contributed by atoms with Crippen molar-refractivity contribution >= 4 is 13.9 Å². The first-order valence-corrected chi connectivity index (χ1v) is 7.72. The molecule has 0 bridgehead atoms. The van der Waals surface area contributed by atoms with Crippen molar-refractivity contribution in [1.82, 2.24) is 5.32 Å². The second kappa shape index (κ2) is 7.84. The maximum absolute atomic E-state index is 3.55. The average molecular weight is 251 g/mol. The van der Waals surface area contributed by atoms with Crippen LogP contribution in [0.15, 0.2) is 24.3 Å². The molecule has 0 aliphatic carbocycles. The van der Waals surface area contributed by atoms with E-state index < -0.39 is 0 Å². The summed E-state index contributed by atoms with van der Waals surface area (Å²) in [6.07, 6.45) is 1.26. The molecule has 96 valence electrons. The lowest BCUT2D eigenvalue weighted by Gasteiger charge is -2.13. The van der Waals surface area contributed by atoms with Crippen LogP contribution in [0.4, 0.5) is 0 Å². The number of benzene rings is 1. The monoisotopic (exact) mass is 251 g/mol. The van der Waals surface area contributed by atoms with Crippen LogP contribution in [-0.4, -0.2) is 12.2 Å². The van der Waals surface area contributed by atoms with E-state index in [0.29, 0.717) is 0 Å². The Morgan fingerprint density at radius 3 is 2.47 bits per heavy atom. The second-order valence-corrected chi connectivity index (χ2v) is 7.30. The molecule has 0 aliphatic rings. The molecule has 0 saturated heterocycles. The number of rotatable bonds is 7. The molecule has 0 radical (unpaired) electrons. The van der Waals surface area contributed by atoms with Crippen molar-refractivity contribution in [2.24, 2.45) is 5.92 Å².